The Balaban J connectivity index is 1.36. The van der Waals surface area contributed by atoms with Gasteiger partial charge in [-0.15, -0.1) is 0 Å². The average Bonchev–Trinajstić information content (AvgIpc) is 2.87. The third-order valence-corrected chi connectivity index (χ3v) is 5.86. The summed E-state index contributed by atoms with van der Waals surface area (Å²) in [5.41, 5.74) is 1.82. The Labute approximate surface area is 194 Å². The van der Waals surface area contributed by atoms with E-state index in [0.29, 0.717) is 37.8 Å². The summed E-state index contributed by atoms with van der Waals surface area (Å²) in [7, 11) is 3.20. The zero-order chi connectivity index (χ0) is 23.2. The number of benzene rings is 1. The Morgan fingerprint density at radius 1 is 0.939 bits per heavy atom. The molecule has 3 heterocycles. The van der Waals surface area contributed by atoms with E-state index in [1.807, 2.05) is 36.1 Å². The van der Waals surface area contributed by atoms with Gasteiger partial charge in [0.25, 0.3) is 0 Å². The van der Waals surface area contributed by atoms with E-state index in [1.54, 1.807) is 26.4 Å². The van der Waals surface area contributed by atoms with Gasteiger partial charge in [0.1, 0.15) is 5.82 Å². The molecule has 2 saturated heterocycles. The summed E-state index contributed by atoms with van der Waals surface area (Å²) >= 11 is 0. The van der Waals surface area contributed by atoms with Gasteiger partial charge >= 0.3 is 0 Å². The maximum atomic E-state index is 12.7. The van der Waals surface area contributed by atoms with Gasteiger partial charge in [-0.05, 0) is 30.7 Å². The van der Waals surface area contributed by atoms with Crippen molar-refractivity contribution in [3.05, 3.63) is 41.6 Å². The Hall–Kier alpha value is -3.33. The molecular formula is C24H31N5O4. The lowest BCUT2D eigenvalue weighted by Gasteiger charge is -2.35. The van der Waals surface area contributed by atoms with E-state index in [4.69, 9.17) is 19.2 Å². The molecule has 0 unspecified atom stereocenters. The molecule has 0 spiro atoms. The first-order valence-electron chi connectivity index (χ1n) is 11.2. The van der Waals surface area contributed by atoms with Gasteiger partial charge in [0.2, 0.25) is 11.9 Å². The molecule has 9 heteroatoms. The van der Waals surface area contributed by atoms with Crippen LogP contribution in [0.3, 0.4) is 0 Å². The second kappa shape index (κ2) is 10.5. The lowest BCUT2D eigenvalue weighted by atomic mass is 10.2. The van der Waals surface area contributed by atoms with Crippen LogP contribution in [0.2, 0.25) is 0 Å². The van der Waals surface area contributed by atoms with Gasteiger partial charge < -0.3 is 28.9 Å². The number of rotatable bonds is 6. The van der Waals surface area contributed by atoms with Gasteiger partial charge in [0.15, 0.2) is 11.5 Å². The minimum absolute atomic E-state index is 0.00249. The van der Waals surface area contributed by atoms with Crippen LogP contribution in [-0.4, -0.2) is 87.5 Å². The van der Waals surface area contributed by atoms with Crippen molar-refractivity contribution in [2.75, 3.05) is 76.5 Å². The molecule has 9 nitrogen and oxygen atoms in total. The highest BCUT2D eigenvalue weighted by Crippen LogP contribution is 2.28. The molecule has 2 fully saturated rings. The number of nitrogens with zero attached hydrogens (tertiary/aromatic N) is 5. The summed E-state index contributed by atoms with van der Waals surface area (Å²) in [6.45, 7) is 7.75. The molecule has 1 aromatic heterocycles. The van der Waals surface area contributed by atoms with Crippen LogP contribution in [0.1, 0.15) is 11.3 Å². The van der Waals surface area contributed by atoms with E-state index in [9.17, 15) is 4.79 Å². The molecule has 33 heavy (non-hydrogen) atoms. The number of morpholine rings is 1. The standard InChI is InChI=1S/C24H31N5O4/c1-18-16-22(26-24(25-18)29-12-14-33-15-13-29)27-8-10-28(11-9-27)23(30)7-5-19-4-6-20(31-2)21(17-19)32-3/h4-7,16-17H,8-15H2,1-3H3/b7-5+. The lowest BCUT2D eigenvalue weighted by Crippen LogP contribution is -2.48. The van der Waals surface area contributed by atoms with E-state index in [0.717, 1.165) is 49.2 Å². The van der Waals surface area contributed by atoms with Crippen LogP contribution in [0.25, 0.3) is 6.08 Å². The van der Waals surface area contributed by atoms with Gasteiger partial charge in [0, 0.05) is 57.1 Å². The number of aromatic nitrogens is 2. The minimum Gasteiger partial charge on any atom is -0.493 e. The maximum absolute atomic E-state index is 12.7. The number of ether oxygens (including phenoxy) is 3. The first kappa shape index (κ1) is 22.8. The van der Waals surface area contributed by atoms with Crippen molar-refractivity contribution in [1.82, 2.24) is 14.9 Å². The van der Waals surface area contributed by atoms with Gasteiger partial charge in [0.05, 0.1) is 27.4 Å². The summed E-state index contributed by atoms with van der Waals surface area (Å²) in [6, 6.07) is 7.59. The van der Waals surface area contributed by atoms with Crippen molar-refractivity contribution in [2.45, 2.75) is 6.92 Å². The number of aryl methyl sites for hydroxylation is 1. The fourth-order valence-electron chi connectivity index (χ4n) is 3.99. The van der Waals surface area contributed by atoms with Crippen molar-refractivity contribution in [1.29, 1.82) is 0 Å². The fourth-order valence-corrected chi connectivity index (χ4v) is 3.99. The van der Waals surface area contributed by atoms with Crippen LogP contribution >= 0.6 is 0 Å². The highest BCUT2D eigenvalue weighted by molar-refractivity contribution is 5.92. The molecule has 0 aliphatic carbocycles. The van der Waals surface area contributed by atoms with E-state index in [-0.39, 0.29) is 5.91 Å². The second-order valence-electron chi connectivity index (χ2n) is 8.03. The molecule has 0 radical (unpaired) electrons. The summed E-state index contributed by atoms with van der Waals surface area (Å²) in [5.74, 6) is 2.96. The van der Waals surface area contributed by atoms with E-state index >= 15 is 0 Å². The highest BCUT2D eigenvalue weighted by atomic mass is 16.5. The third-order valence-electron chi connectivity index (χ3n) is 5.86. The van der Waals surface area contributed by atoms with E-state index < -0.39 is 0 Å². The number of carbonyl (C=O) groups excluding carboxylic acids is 1. The molecular weight excluding hydrogens is 422 g/mol. The van der Waals surface area contributed by atoms with Crippen molar-refractivity contribution in [3.8, 4) is 11.5 Å². The monoisotopic (exact) mass is 453 g/mol. The SMILES string of the molecule is COc1ccc(/C=C/C(=O)N2CCN(c3cc(C)nc(N4CCOCC4)n3)CC2)cc1OC. The summed E-state index contributed by atoms with van der Waals surface area (Å²) in [4.78, 5) is 28.4. The number of piperazine rings is 1. The van der Waals surface area contributed by atoms with Crippen molar-refractivity contribution in [3.63, 3.8) is 0 Å². The van der Waals surface area contributed by atoms with Crippen LogP contribution < -0.4 is 19.3 Å². The summed E-state index contributed by atoms with van der Waals surface area (Å²) in [5, 5.41) is 0. The molecule has 4 rings (SSSR count). The fraction of sp³-hybridized carbons (Fsp3) is 0.458. The molecule has 2 aliphatic heterocycles. The van der Waals surface area contributed by atoms with Crippen LogP contribution in [-0.2, 0) is 9.53 Å². The maximum Gasteiger partial charge on any atom is 0.246 e. The topological polar surface area (TPSA) is 80.3 Å². The van der Waals surface area contributed by atoms with Gasteiger partial charge in [-0.3, -0.25) is 4.79 Å². The van der Waals surface area contributed by atoms with Crippen LogP contribution in [0.15, 0.2) is 30.3 Å². The Morgan fingerprint density at radius 3 is 2.36 bits per heavy atom. The number of hydrogen-bond acceptors (Lipinski definition) is 8. The molecule has 1 amide bonds. The molecule has 0 atom stereocenters. The van der Waals surface area contributed by atoms with E-state index in [1.165, 1.54) is 0 Å². The zero-order valence-corrected chi connectivity index (χ0v) is 19.5. The van der Waals surface area contributed by atoms with Crippen LogP contribution in [0, 0.1) is 6.92 Å². The van der Waals surface area contributed by atoms with Crippen molar-refractivity contribution in [2.24, 2.45) is 0 Å². The van der Waals surface area contributed by atoms with Crippen molar-refractivity contribution < 1.29 is 19.0 Å². The Kier molecular flexibility index (Phi) is 7.29. The Morgan fingerprint density at radius 2 is 1.67 bits per heavy atom. The predicted molar refractivity (Wildman–Crippen MR) is 127 cm³/mol. The van der Waals surface area contributed by atoms with Gasteiger partial charge in [-0.25, -0.2) is 4.98 Å². The molecule has 2 aromatic rings. The second-order valence-corrected chi connectivity index (χ2v) is 8.03. The van der Waals surface area contributed by atoms with Gasteiger partial charge in [-0.1, -0.05) is 6.07 Å². The Bertz CT molecular complexity index is 998. The van der Waals surface area contributed by atoms with E-state index in [2.05, 4.69) is 14.8 Å². The molecule has 0 bridgehead atoms. The number of methoxy groups -OCH3 is 2. The predicted octanol–water partition coefficient (Wildman–Crippen LogP) is 2.00. The van der Waals surface area contributed by atoms with Crippen LogP contribution in [0.4, 0.5) is 11.8 Å². The quantitative estimate of drug-likeness (QED) is 0.615. The summed E-state index contributed by atoms with van der Waals surface area (Å²) in [6.07, 6.45) is 3.42. The molecule has 1 aromatic carbocycles. The molecule has 0 saturated carbocycles. The van der Waals surface area contributed by atoms with Crippen LogP contribution in [0.5, 0.6) is 11.5 Å². The van der Waals surface area contributed by atoms with Gasteiger partial charge in [-0.2, -0.15) is 4.98 Å². The molecule has 2 aliphatic rings. The highest BCUT2D eigenvalue weighted by Gasteiger charge is 2.22. The first-order chi connectivity index (χ1) is 16.1. The first-order valence-corrected chi connectivity index (χ1v) is 11.2. The number of amides is 1. The smallest absolute Gasteiger partial charge is 0.246 e. The average molecular weight is 454 g/mol. The third kappa shape index (κ3) is 5.54. The minimum atomic E-state index is -0.00249. The largest absolute Gasteiger partial charge is 0.493 e. The number of anilines is 2. The molecule has 0 N–H and O–H groups in total. The normalized spacial score (nSPS) is 16.9. The lowest BCUT2D eigenvalue weighted by molar-refractivity contribution is -0.126. The number of hydrogen-bond donors (Lipinski definition) is 0. The number of carbonyl (C=O) groups is 1. The van der Waals surface area contributed by atoms with Crippen molar-refractivity contribution >= 4 is 23.7 Å². The summed E-state index contributed by atoms with van der Waals surface area (Å²) < 4.78 is 16.0. The molecule has 176 valence electrons. The zero-order valence-electron chi connectivity index (χ0n) is 19.5.